The number of rotatable bonds is 8. The van der Waals surface area contributed by atoms with Gasteiger partial charge in [-0.3, -0.25) is 4.79 Å². The minimum atomic E-state index is -0.0108. The average Bonchev–Trinajstić information content (AvgIpc) is 3.20. The summed E-state index contributed by atoms with van der Waals surface area (Å²) in [4.78, 5) is 14.8. The lowest BCUT2D eigenvalue weighted by Crippen LogP contribution is -2.33. The normalized spacial score (nSPS) is 14.9. The van der Waals surface area contributed by atoms with Gasteiger partial charge in [0.25, 0.3) is 0 Å². The monoisotopic (exact) mass is 619 g/mol. The van der Waals surface area contributed by atoms with Gasteiger partial charge in [-0.1, -0.05) is 56.3 Å². The van der Waals surface area contributed by atoms with E-state index in [4.69, 9.17) is 0 Å². The highest BCUT2D eigenvalue weighted by Crippen LogP contribution is 2.35. The molecular formula is C33H38IN3O. The van der Waals surface area contributed by atoms with Crippen LogP contribution in [0.1, 0.15) is 50.2 Å². The third-order valence-electron chi connectivity index (χ3n) is 7.95. The molecule has 1 aliphatic heterocycles. The molecule has 2 heterocycles. The van der Waals surface area contributed by atoms with Crippen molar-refractivity contribution in [3.8, 4) is 11.3 Å². The number of carbonyl (C=O) groups excluding carboxylic acids is 1. The van der Waals surface area contributed by atoms with Crippen molar-refractivity contribution in [2.24, 2.45) is 13.0 Å². The van der Waals surface area contributed by atoms with E-state index in [0.29, 0.717) is 5.92 Å². The highest BCUT2D eigenvalue weighted by molar-refractivity contribution is 14.1. The summed E-state index contributed by atoms with van der Waals surface area (Å²) in [5.74, 6) is 0.629. The summed E-state index contributed by atoms with van der Waals surface area (Å²) < 4.78 is 3.64. The lowest BCUT2D eigenvalue weighted by Gasteiger charge is -2.32. The topological polar surface area (TPSA) is 37.3 Å². The maximum Gasteiger partial charge on any atom is 0.226 e. The van der Waals surface area contributed by atoms with E-state index < -0.39 is 0 Å². The van der Waals surface area contributed by atoms with Gasteiger partial charge in [-0.25, -0.2) is 0 Å². The van der Waals surface area contributed by atoms with Crippen LogP contribution in [0, 0.1) is 9.49 Å². The zero-order valence-electron chi connectivity index (χ0n) is 22.7. The van der Waals surface area contributed by atoms with Crippen molar-refractivity contribution in [3.63, 3.8) is 0 Å². The summed E-state index contributed by atoms with van der Waals surface area (Å²) in [6.45, 7) is 7.25. The molecule has 0 spiro atoms. The predicted octanol–water partition coefficient (Wildman–Crippen LogP) is 7.86. The van der Waals surface area contributed by atoms with Crippen molar-refractivity contribution in [2.75, 3.05) is 25.0 Å². The molecule has 0 bridgehead atoms. The number of halogens is 1. The highest BCUT2D eigenvalue weighted by atomic mass is 127. The standard InChI is InChI=1S/C33H38IN3O/c1-23(2)33(38)35-28-12-7-9-25(22-28)24-16-19-37(20-17-24)18-8-14-30-29-13-4-5-15-31(29)36(3)32(30)26-10-6-11-27(34)21-26/h4-7,9-13,15,21-24H,8,14,16-20H2,1-3H3,(H,35,38). The Labute approximate surface area is 240 Å². The van der Waals surface area contributed by atoms with Crippen LogP contribution in [-0.2, 0) is 18.3 Å². The van der Waals surface area contributed by atoms with Gasteiger partial charge in [-0.2, -0.15) is 0 Å². The molecule has 38 heavy (non-hydrogen) atoms. The number of para-hydroxylation sites is 1. The molecule has 0 radical (unpaired) electrons. The second-order valence-corrected chi connectivity index (χ2v) is 12.1. The average molecular weight is 620 g/mol. The molecule has 198 valence electrons. The maximum atomic E-state index is 12.1. The Bertz CT molecular complexity index is 1420. The summed E-state index contributed by atoms with van der Waals surface area (Å²) in [6.07, 6.45) is 4.58. The number of hydrogen-bond donors (Lipinski definition) is 1. The van der Waals surface area contributed by atoms with Gasteiger partial charge in [-0.05, 0) is 121 Å². The number of piperidine rings is 1. The Morgan fingerprint density at radius 1 is 1.00 bits per heavy atom. The van der Waals surface area contributed by atoms with Crippen molar-refractivity contribution in [1.82, 2.24) is 9.47 Å². The third-order valence-corrected chi connectivity index (χ3v) is 8.62. The SMILES string of the molecule is CC(C)C(=O)Nc1cccc(C2CCN(CCCc3c(-c4cccc(I)c4)n(C)c4ccccc34)CC2)c1. The predicted molar refractivity (Wildman–Crippen MR) is 168 cm³/mol. The fourth-order valence-corrected chi connectivity index (χ4v) is 6.40. The number of hydrogen-bond acceptors (Lipinski definition) is 2. The number of carbonyl (C=O) groups is 1. The lowest BCUT2D eigenvalue weighted by molar-refractivity contribution is -0.118. The highest BCUT2D eigenvalue weighted by Gasteiger charge is 2.22. The molecule has 1 saturated heterocycles. The summed E-state index contributed by atoms with van der Waals surface area (Å²) in [5.41, 5.74) is 7.71. The van der Waals surface area contributed by atoms with E-state index in [9.17, 15) is 4.79 Å². The largest absolute Gasteiger partial charge is 0.343 e. The van der Waals surface area contributed by atoms with Crippen molar-refractivity contribution < 1.29 is 4.79 Å². The van der Waals surface area contributed by atoms with Crippen molar-refractivity contribution in [2.45, 2.75) is 45.4 Å². The molecule has 0 saturated carbocycles. The van der Waals surface area contributed by atoms with E-state index in [2.05, 4.69) is 111 Å². The minimum absolute atomic E-state index is 0.0108. The van der Waals surface area contributed by atoms with Gasteiger partial charge in [0, 0.05) is 33.1 Å². The summed E-state index contributed by atoms with van der Waals surface area (Å²) >= 11 is 2.41. The van der Waals surface area contributed by atoms with Gasteiger partial charge < -0.3 is 14.8 Å². The molecule has 0 unspecified atom stereocenters. The van der Waals surface area contributed by atoms with Crippen LogP contribution in [0.3, 0.4) is 0 Å². The van der Waals surface area contributed by atoms with E-state index >= 15 is 0 Å². The second kappa shape index (κ2) is 12.0. The zero-order valence-corrected chi connectivity index (χ0v) is 24.9. The lowest BCUT2D eigenvalue weighted by atomic mass is 9.89. The molecule has 4 nitrogen and oxygen atoms in total. The van der Waals surface area contributed by atoms with Crippen LogP contribution in [0.4, 0.5) is 5.69 Å². The van der Waals surface area contributed by atoms with Gasteiger partial charge in [0.1, 0.15) is 0 Å². The van der Waals surface area contributed by atoms with Crippen molar-refractivity contribution in [3.05, 3.63) is 87.5 Å². The molecule has 1 aromatic heterocycles. The number of fused-ring (bicyclic) bond motifs is 1. The molecule has 4 aromatic rings. The number of anilines is 1. The first-order valence-electron chi connectivity index (χ1n) is 13.9. The first kappa shape index (κ1) is 26.9. The van der Waals surface area contributed by atoms with Gasteiger partial charge in [-0.15, -0.1) is 0 Å². The summed E-state index contributed by atoms with van der Waals surface area (Å²) in [5, 5.41) is 4.44. The van der Waals surface area contributed by atoms with Crippen LogP contribution in [0.25, 0.3) is 22.2 Å². The molecule has 1 aliphatic rings. The molecule has 0 aliphatic carbocycles. The van der Waals surface area contributed by atoms with Crippen LogP contribution in [-0.4, -0.2) is 35.0 Å². The molecule has 3 aromatic carbocycles. The zero-order chi connectivity index (χ0) is 26.6. The Kier molecular flexibility index (Phi) is 8.54. The molecule has 5 rings (SSSR count). The minimum Gasteiger partial charge on any atom is -0.343 e. The quantitative estimate of drug-likeness (QED) is 0.204. The fraction of sp³-hybridized carbons (Fsp3) is 0.364. The fourth-order valence-electron chi connectivity index (χ4n) is 5.85. The number of aryl methyl sites for hydroxylation is 2. The van der Waals surface area contributed by atoms with Gasteiger partial charge in [0.15, 0.2) is 0 Å². The molecule has 1 amide bonds. The first-order valence-corrected chi connectivity index (χ1v) is 14.9. The number of amides is 1. The number of nitrogens with one attached hydrogen (secondary N) is 1. The number of likely N-dealkylation sites (tertiary alicyclic amines) is 1. The molecule has 1 N–H and O–H groups in total. The van der Waals surface area contributed by atoms with Crippen molar-refractivity contribution >= 4 is 45.1 Å². The van der Waals surface area contributed by atoms with E-state index in [1.54, 1.807) is 0 Å². The van der Waals surface area contributed by atoms with E-state index in [1.807, 2.05) is 19.9 Å². The van der Waals surface area contributed by atoms with Crippen LogP contribution in [0.15, 0.2) is 72.8 Å². The van der Waals surface area contributed by atoms with Gasteiger partial charge in [0.2, 0.25) is 5.91 Å². The summed E-state index contributed by atoms with van der Waals surface area (Å²) in [7, 11) is 2.20. The number of aromatic nitrogens is 1. The molecule has 5 heteroatoms. The van der Waals surface area contributed by atoms with Crippen molar-refractivity contribution in [1.29, 1.82) is 0 Å². The van der Waals surface area contributed by atoms with Gasteiger partial charge >= 0.3 is 0 Å². The van der Waals surface area contributed by atoms with E-state index in [1.165, 1.54) is 49.7 Å². The maximum absolute atomic E-state index is 12.1. The third kappa shape index (κ3) is 5.99. The Balaban J connectivity index is 1.22. The summed E-state index contributed by atoms with van der Waals surface area (Å²) in [6, 6.07) is 26.2. The van der Waals surface area contributed by atoms with Crippen LogP contribution in [0.2, 0.25) is 0 Å². The van der Waals surface area contributed by atoms with Crippen LogP contribution < -0.4 is 5.32 Å². The smallest absolute Gasteiger partial charge is 0.226 e. The Morgan fingerprint density at radius 3 is 2.53 bits per heavy atom. The van der Waals surface area contributed by atoms with Crippen LogP contribution >= 0.6 is 22.6 Å². The molecule has 1 fully saturated rings. The second-order valence-electron chi connectivity index (χ2n) is 10.9. The number of benzene rings is 3. The van der Waals surface area contributed by atoms with Crippen LogP contribution in [0.5, 0.6) is 0 Å². The first-order chi connectivity index (χ1) is 18.4. The van der Waals surface area contributed by atoms with E-state index in [-0.39, 0.29) is 11.8 Å². The molecule has 0 atom stereocenters. The van der Waals surface area contributed by atoms with E-state index in [0.717, 1.165) is 38.2 Å². The van der Waals surface area contributed by atoms with Gasteiger partial charge in [0.05, 0.1) is 5.69 Å². The Hall–Kier alpha value is -2.64. The Morgan fingerprint density at radius 2 is 1.76 bits per heavy atom. The molecular weight excluding hydrogens is 581 g/mol. The number of nitrogens with zero attached hydrogens (tertiary/aromatic N) is 2.